The largest absolute Gasteiger partial charge is 0.304 e. The van der Waals surface area contributed by atoms with E-state index in [2.05, 4.69) is 0 Å². The van der Waals surface area contributed by atoms with Crippen molar-refractivity contribution in [2.45, 2.75) is 24.0 Å². The third-order valence-corrected chi connectivity index (χ3v) is 3.85. The van der Waals surface area contributed by atoms with E-state index in [1.807, 2.05) is 25.1 Å². The van der Waals surface area contributed by atoms with Crippen molar-refractivity contribution in [1.29, 1.82) is 0 Å². The van der Waals surface area contributed by atoms with E-state index < -0.39 is 15.3 Å². The molecule has 14 heavy (non-hydrogen) atoms. The third kappa shape index (κ3) is 2.35. The summed E-state index contributed by atoms with van der Waals surface area (Å²) in [6, 6.07) is 9.03. The maximum absolute atomic E-state index is 11.2. The third-order valence-electron chi connectivity index (χ3n) is 2.05. The fourth-order valence-corrected chi connectivity index (χ4v) is 2.37. The monoisotopic (exact) mass is 232 g/mol. The molecule has 1 aromatic carbocycles. The predicted molar refractivity (Wildman–Crippen MR) is 59.7 cm³/mol. The Morgan fingerprint density at radius 2 is 2.00 bits per heavy atom. The molecule has 0 heterocycles. The predicted octanol–water partition coefficient (Wildman–Crippen LogP) is 3.10. The van der Waals surface area contributed by atoms with Gasteiger partial charge in [0.25, 0.3) is 0 Å². The molecule has 0 radical (unpaired) electrons. The maximum Gasteiger partial charge on any atom is 0.179 e. The van der Waals surface area contributed by atoms with Gasteiger partial charge >= 0.3 is 0 Å². The van der Waals surface area contributed by atoms with Crippen LogP contribution in [-0.2, 0) is 15.3 Å². The van der Waals surface area contributed by atoms with Crippen LogP contribution < -0.4 is 0 Å². The summed E-state index contributed by atoms with van der Waals surface area (Å²) in [5, 5.41) is 0. The van der Waals surface area contributed by atoms with E-state index in [1.54, 1.807) is 12.1 Å². The van der Waals surface area contributed by atoms with Crippen molar-refractivity contribution in [3.8, 4) is 0 Å². The highest BCUT2D eigenvalue weighted by Gasteiger charge is 2.35. The van der Waals surface area contributed by atoms with E-state index in [-0.39, 0.29) is 0 Å². The summed E-state index contributed by atoms with van der Waals surface area (Å²) in [7, 11) is 0. The Balaban J connectivity index is 3.06. The molecule has 0 fully saturated rings. The smallest absolute Gasteiger partial charge is 0.179 e. The quantitative estimate of drug-likeness (QED) is 0.640. The van der Waals surface area contributed by atoms with Crippen LogP contribution in [0.25, 0.3) is 0 Å². The van der Waals surface area contributed by atoms with Gasteiger partial charge in [0.2, 0.25) is 0 Å². The molecule has 4 heteroatoms. The lowest BCUT2D eigenvalue weighted by atomic mass is 10.1. The van der Waals surface area contributed by atoms with Crippen LogP contribution in [0.5, 0.6) is 0 Å². The first kappa shape index (κ1) is 11.7. The van der Waals surface area contributed by atoms with Crippen LogP contribution in [0.3, 0.4) is 0 Å². The van der Waals surface area contributed by atoms with E-state index in [9.17, 15) is 8.76 Å². The number of halogens is 1. The van der Waals surface area contributed by atoms with Crippen molar-refractivity contribution in [3.05, 3.63) is 35.9 Å². The second kappa shape index (κ2) is 4.91. The van der Waals surface area contributed by atoms with Gasteiger partial charge in [-0.15, -0.1) is 0 Å². The maximum atomic E-state index is 11.2. The Morgan fingerprint density at radius 3 is 2.43 bits per heavy atom. The molecule has 2 unspecified atom stereocenters. The van der Waals surface area contributed by atoms with Gasteiger partial charge in [-0.05, 0) is 12.0 Å². The van der Waals surface area contributed by atoms with E-state index in [0.29, 0.717) is 12.0 Å². The van der Waals surface area contributed by atoms with E-state index in [1.165, 1.54) is 0 Å². The standard InChI is InChI=1S/C10H13ClO2S/c1-2-8-10(11,14(12)13)9-6-4-3-5-7-9/h3-7H,2,8H2,1H3,(H,12,13). The molecule has 1 N–H and O–H groups in total. The SMILES string of the molecule is CCCC(Cl)(c1ccccc1)S(=O)O. The molecule has 2 nitrogen and oxygen atoms in total. The lowest BCUT2D eigenvalue weighted by Crippen LogP contribution is -2.24. The average molecular weight is 233 g/mol. The van der Waals surface area contributed by atoms with Crippen LogP contribution in [0.15, 0.2) is 30.3 Å². The average Bonchev–Trinajstić information content (AvgIpc) is 2.19. The molecular formula is C10H13ClO2S. The summed E-state index contributed by atoms with van der Waals surface area (Å²) in [6.45, 7) is 1.94. The van der Waals surface area contributed by atoms with Gasteiger partial charge in [-0.2, -0.15) is 0 Å². The molecule has 0 aromatic heterocycles. The minimum atomic E-state index is -2.05. The minimum absolute atomic E-state index is 0.488. The molecule has 0 spiro atoms. The molecule has 0 aliphatic rings. The molecule has 2 atom stereocenters. The Bertz CT molecular complexity index is 315. The highest BCUT2D eigenvalue weighted by atomic mass is 35.5. The molecule has 0 saturated carbocycles. The van der Waals surface area contributed by atoms with Gasteiger partial charge < -0.3 is 4.55 Å². The van der Waals surface area contributed by atoms with Gasteiger partial charge in [0.15, 0.2) is 15.3 Å². The molecule has 0 bridgehead atoms. The molecular weight excluding hydrogens is 220 g/mol. The lowest BCUT2D eigenvalue weighted by molar-refractivity contribution is 0.528. The van der Waals surface area contributed by atoms with Crippen LogP contribution in [-0.4, -0.2) is 8.76 Å². The lowest BCUT2D eigenvalue weighted by Gasteiger charge is -2.22. The summed E-state index contributed by atoms with van der Waals surface area (Å²) < 4.78 is 19.2. The number of hydrogen-bond acceptors (Lipinski definition) is 1. The highest BCUT2D eigenvalue weighted by molar-refractivity contribution is 7.81. The van der Waals surface area contributed by atoms with Gasteiger partial charge in [0.1, 0.15) is 0 Å². The molecule has 0 saturated heterocycles. The Hall–Kier alpha value is -0.380. The first-order valence-electron chi connectivity index (χ1n) is 4.46. The summed E-state index contributed by atoms with van der Waals surface area (Å²) in [4.78, 5) is 0. The zero-order valence-electron chi connectivity index (χ0n) is 7.94. The number of rotatable bonds is 4. The first-order valence-corrected chi connectivity index (χ1v) is 5.95. The van der Waals surface area contributed by atoms with Gasteiger partial charge in [-0.3, -0.25) is 0 Å². The fourth-order valence-electron chi connectivity index (χ4n) is 1.34. The second-order valence-corrected chi connectivity index (χ2v) is 5.16. The molecule has 0 amide bonds. The fraction of sp³-hybridized carbons (Fsp3) is 0.400. The van der Waals surface area contributed by atoms with E-state index in [4.69, 9.17) is 11.6 Å². The molecule has 0 aliphatic heterocycles. The number of hydrogen-bond donors (Lipinski definition) is 1. The van der Waals surface area contributed by atoms with Crippen molar-refractivity contribution < 1.29 is 8.76 Å². The zero-order valence-corrected chi connectivity index (χ0v) is 9.52. The Labute approximate surface area is 91.6 Å². The van der Waals surface area contributed by atoms with Gasteiger partial charge in [-0.1, -0.05) is 55.3 Å². The van der Waals surface area contributed by atoms with Crippen LogP contribution in [0.1, 0.15) is 25.3 Å². The van der Waals surface area contributed by atoms with Crippen molar-refractivity contribution >= 4 is 22.7 Å². The number of alkyl halides is 1. The van der Waals surface area contributed by atoms with Crippen LogP contribution in [0, 0.1) is 0 Å². The summed E-state index contributed by atoms with van der Waals surface area (Å²) in [6.07, 6.45) is 1.26. The van der Waals surface area contributed by atoms with Gasteiger partial charge in [-0.25, -0.2) is 4.21 Å². The van der Waals surface area contributed by atoms with E-state index in [0.717, 1.165) is 6.42 Å². The summed E-state index contributed by atoms with van der Waals surface area (Å²) in [5.74, 6) is 0. The second-order valence-electron chi connectivity index (χ2n) is 3.09. The summed E-state index contributed by atoms with van der Waals surface area (Å²) >= 11 is 4.10. The molecule has 1 rings (SSSR count). The molecule has 0 aliphatic carbocycles. The van der Waals surface area contributed by atoms with Gasteiger partial charge in [0, 0.05) is 0 Å². The zero-order chi connectivity index (χ0) is 10.6. The van der Waals surface area contributed by atoms with Crippen LogP contribution in [0.4, 0.5) is 0 Å². The van der Waals surface area contributed by atoms with Crippen molar-refractivity contribution in [1.82, 2.24) is 0 Å². The number of benzene rings is 1. The molecule has 78 valence electrons. The highest BCUT2D eigenvalue weighted by Crippen LogP contribution is 2.36. The van der Waals surface area contributed by atoms with E-state index >= 15 is 0 Å². The van der Waals surface area contributed by atoms with Crippen LogP contribution in [0.2, 0.25) is 0 Å². The van der Waals surface area contributed by atoms with Crippen molar-refractivity contribution in [2.24, 2.45) is 0 Å². The topological polar surface area (TPSA) is 37.3 Å². The van der Waals surface area contributed by atoms with Crippen molar-refractivity contribution in [2.75, 3.05) is 0 Å². The Kier molecular flexibility index (Phi) is 4.11. The Morgan fingerprint density at radius 1 is 1.43 bits per heavy atom. The summed E-state index contributed by atoms with van der Waals surface area (Å²) in [5.41, 5.74) is 0.698. The first-order chi connectivity index (χ1) is 6.61. The van der Waals surface area contributed by atoms with Crippen LogP contribution >= 0.6 is 11.6 Å². The molecule has 1 aromatic rings. The normalized spacial score (nSPS) is 17.4. The minimum Gasteiger partial charge on any atom is -0.304 e. The van der Waals surface area contributed by atoms with Gasteiger partial charge in [0.05, 0.1) is 0 Å². The van der Waals surface area contributed by atoms with Crippen molar-refractivity contribution in [3.63, 3.8) is 0 Å².